The molecule has 2 atom stereocenters. The quantitative estimate of drug-likeness (QED) is 0.908. The van der Waals surface area contributed by atoms with E-state index in [1.807, 2.05) is 4.90 Å². The lowest BCUT2D eigenvalue weighted by Crippen LogP contribution is -2.46. The Kier molecular flexibility index (Phi) is 7.76. The van der Waals surface area contributed by atoms with E-state index in [4.69, 9.17) is 5.73 Å². The highest BCUT2D eigenvalue weighted by atomic mass is 35.5. The average molecular weight is 311 g/mol. The number of rotatable bonds is 5. The van der Waals surface area contributed by atoms with E-state index in [-0.39, 0.29) is 24.4 Å². The molecule has 4 heteroatoms. The minimum Gasteiger partial charge on any atom is -0.341 e. The van der Waals surface area contributed by atoms with E-state index in [0.29, 0.717) is 5.92 Å². The van der Waals surface area contributed by atoms with E-state index >= 15 is 0 Å². The number of hydrogen-bond acceptors (Lipinski definition) is 2. The summed E-state index contributed by atoms with van der Waals surface area (Å²) in [4.78, 5) is 13.9. The van der Waals surface area contributed by atoms with E-state index in [1.165, 1.54) is 24.8 Å². The second-order valence-corrected chi connectivity index (χ2v) is 5.96. The third kappa shape index (κ3) is 5.68. The average Bonchev–Trinajstić information content (AvgIpc) is 2.48. The van der Waals surface area contributed by atoms with Gasteiger partial charge >= 0.3 is 0 Å². The number of amides is 1. The van der Waals surface area contributed by atoms with Gasteiger partial charge in [0.1, 0.15) is 0 Å². The van der Waals surface area contributed by atoms with Crippen molar-refractivity contribution < 1.29 is 4.79 Å². The maximum Gasteiger partial charge on any atom is 0.239 e. The summed E-state index contributed by atoms with van der Waals surface area (Å²) < 4.78 is 0. The van der Waals surface area contributed by atoms with E-state index in [0.717, 1.165) is 25.9 Å². The van der Waals surface area contributed by atoms with E-state index in [1.54, 1.807) is 6.92 Å². The first-order valence-electron chi connectivity index (χ1n) is 7.75. The van der Waals surface area contributed by atoms with Crippen molar-refractivity contribution in [1.82, 2.24) is 4.90 Å². The van der Waals surface area contributed by atoms with Gasteiger partial charge < -0.3 is 10.6 Å². The molecule has 1 aromatic rings. The van der Waals surface area contributed by atoms with Gasteiger partial charge in [-0.25, -0.2) is 0 Å². The van der Waals surface area contributed by atoms with Crippen LogP contribution in [0, 0.1) is 5.92 Å². The minimum atomic E-state index is -0.363. The first-order valence-corrected chi connectivity index (χ1v) is 7.75. The molecule has 0 bridgehead atoms. The molecule has 1 saturated heterocycles. The Hall–Kier alpha value is -1.06. The van der Waals surface area contributed by atoms with Gasteiger partial charge in [0.05, 0.1) is 6.04 Å². The molecule has 0 aromatic heterocycles. The van der Waals surface area contributed by atoms with Crippen molar-refractivity contribution in [3.63, 3.8) is 0 Å². The van der Waals surface area contributed by atoms with Crippen LogP contribution in [0.4, 0.5) is 0 Å². The number of nitrogens with two attached hydrogens (primary N) is 1. The van der Waals surface area contributed by atoms with E-state index < -0.39 is 0 Å². The molecule has 3 nitrogen and oxygen atoms in total. The molecule has 1 fully saturated rings. The van der Waals surface area contributed by atoms with Crippen LogP contribution in [0.1, 0.15) is 38.2 Å². The van der Waals surface area contributed by atoms with Gasteiger partial charge in [-0.3, -0.25) is 4.79 Å². The Morgan fingerprint density at radius 2 is 2.10 bits per heavy atom. The van der Waals surface area contributed by atoms with Crippen molar-refractivity contribution in [3.05, 3.63) is 35.9 Å². The molecule has 1 aromatic carbocycles. The Balaban J connectivity index is 0.00000220. The first-order chi connectivity index (χ1) is 9.66. The fourth-order valence-corrected chi connectivity index (χ4v) is 3.03. The largest absolute Gasteiger partial charge is 0.341 e. The topological polar surface area (TPSA) is 46.3 Å². The summed E-state index contributed by atoms with van der Waals surface area (Å²) in [7, 11) is 0. The van der Waals surface area contributed by atoms with Crippen LogP contribution < -0.4 is 5.73 Å². The molecule has 1 heterocycles. The number of carbonyl (C=O) groups excluding carboxylic acids is 1. The lowest BCUT2D eigenvalue weighted by Gasteiger charge is -2.33. The van der Waals surface area contributed by atoms with Gasteiger partial charge in [0.2, 0.25) is 5.91 Å². The van der Waals surface area contributed by atoms with Crippen LogP contribution in [-0.4, -0.2) is 29.9 Å². The number of aryl methyl sites for hydroxylation is 1. The minimum absolute atomic E-state index is 0. The van der Waals surface area contributed by atoms with Gasteiger partial charge in [-0.1, -0.05) is 30.3 Å². The zero-order valence-electron chi connectivity index (χ0n) is 12.8. The molecule has 0 spiro atoms. The van der Waals surface area contributed by atoms with Crippen molar-refractivity contribution in [2.45, 2.75) is 45.1 Å². The van der Waals surface area contributed by atoms with E-state index in [9.17, 15) is 4.79 Å². The maximum absolute atomic E-state index is 11.9. The lowest BCUT2D eigenvalue weighted by molar-refractivity contribution is -0.134. The molecule has 2 rings (SSSR count). The Morgan fingerprint density at radius 3 is 2.76 bits per heavy atom. The highest BCUT2D eigenvalue weighted by molar-refractivity contribution is 5.85. The van der Waals surface area contributed by atoms with Gasteiger partial charge in [0, 0.05) is 13.1 Å². The molecular weight excluding hydrogens is 284 g/mol. The van der Waals surface area contributed by atoms with Crippen molar-refractivity contribution in [1.29, 1.82) is 0 Å². The predicted octanol–water partition coefficient (Wildman–Crippen LogP) is 3.02. The third-order valence-electron chi connectivity index (χ3n) is 4.14. The number of nitrogens with zero attached hydrogens (tertiary/aromatic N) is 1. The van der Waals surface area contributed by atoms with Crippen LogP contribution in [0.2, 0.25) is 0 Å². The van der Waals surface area contributed by atoms with Crippen LogP contribution in [-0.2, 0) is 11.2 Å². The second-order valence-electron chi connectivity index (χ2n) is 5.96. The maximum atomic E-state index is 11.9. The molecule has 118 valence electrons. The summed E-state index contributed by atoms with van der Waals surface area (Å²) in [6, 6.07) is 10.3. The van der Waals surface area contributed by atoms with Crippen molar-refractivity contribution in [2.75, 3.05) is 13.1 Å². The van der Waals surface area contributed by atoms with Gasteiger partial charge in [-0.05, 0) is 50.5 Å². The summed E-state index contributed by atoms with van der Waals surface area (Å²) in [6.45, 7) is 3.56. The van der Waals surface area contributed by atoms with E-state index in [2.05, 4.69) is 30.3 Å². The molecule has 1 amide bonds. The molecule has 2 unspecified atom stereocenters. The normalized spacial score (nSPS) is 19.7. The number of hydrogen-bond donors (Lipinski definition) is 1. The molecule has 0 saturated carbocycles. The smallest absolute Gasteiger partial charge is 0.239 e. The molecule has 0 radical (unpaired) electrons. The number of piperidine rings is 1. The van der Waals surface area contributed by atoms with Gasteiger partial charge in [-0.2, -0.15) is 0 Å². The summed E-state index contributed by atoms with van der Waals surface area (Å²) in [5.74, 6) is 0.757. The summed E-state index contributed by atoms with van der Waals surface area (Å²) in [5, 5.41) is 0. The zero-order valence-corrected chi connectivity index (χ0v) is 13.6. The fraction of sp³-hybridized carbons (Fsp3) is 0.588. The van der Waals surface area contributed by atoms with Crippen LogP contribution in [0.5, 0.6) is 0 Å². The second kappa shape index (κ2) is 9.06. The third-order valence-corrected chi connectivity index (χ3v) is 4.14. The standard InChI is InChI=1S/C17H26N2O.ClH/c1-14(18)17(20)19-12-6-11-16(13-19)10-5-9-15-7-3-2-4-8-15;/h2-4,7-8,14,16H,5-6,9-13,18H2,1H3;1H. The summed E-state index contributed by atoms with van der Waals surface area (Å²) in [6.07, 6.45) is 5.91. The number of halogens is 1. The van der Waals surface area contributed by atoms with Crippen LogP contribution in [0.3, 0.4) is 0 Å². The highest BCUT2D eigenvalue weighted by Crippen LogP contribution is 2.22. The van der Waals surface area contributed by atoms with Crippen molar-refractivity contribution in [2.24, 2.45) is 11.7 Å². The first kappa shape index (κ1) is 18.0. The Bertz CT molecular complexity index is 422. The zero-order chi connectivity index (χ0) is 14.4. The lowest BCUT2D eigenvalue weighted by atomic mass is 9.91. The van der Waals surface area contributed by atoms with Crippen LogP contribution >= 0.6 is 12.4 Å². The monoisotopic (exact) mass is 310 g/mol. The van der Waals surface area contributed by atoms with Gasteiger partial charge in [-0.15, -0.1) is 12.4 Å². The number of likely N-dealkylation sites (tertiary alicyclic amines) is 1. The number of benzene rings is 1. The Labute approximate surface area is 134 Å². The SMILES string of the molecule is CC(N)C(=O)N1CCCC(CCCc2ccccc2)C1.Cl. The molecule has 1 aliphatic heterocycles. The molecule has 2 N–H and O–H groups in total. The predicted molar refractivity (Wildman–Crippen MR) is 89.6 cm³/mol. The van der Waals surface area contributed by atoms with Crippen LogP contribution in [0.15, 0.2) is 30.3 Å². The molecule has 21 heavy (non-hydrogen) atoms. The van der Waals surface area contributed by atoms with Crippen LogP contribution in [0.25, 0.3) is 0 Å². The fourth-order valence-electron chi connectivity index (χ4n) is 3.03. The summed E-state index contributed by atoms with van der Waals surface area (Å²) in [5.41, 5.74) is 7.11. The van der Waals surface area contributed by atoms with Gasteiger partial charge in [0.15, 0.2) is 0 Å². The highest BCUT2D eigenvalue weighted by Gasteiger charge is 2.24. The van der Waals surface area contributed by atoms with Crippen molar-refractivity contribution >= 4 is 18.3 Å². The Morgan fingerprint density at radius 1 is 1.38 bits per heavy atom. The van der Waals surface area contributed by atoms with Gasteiger partial charge in [0.25, 0.3) is 0 Å². The molecule has 0 aliphatic carbocycles. The summed E-state index contributed by atoms with van der Waals surface area (Å²) >= 11 is 0. The van der Waals surface area contributed by atoms with Crippen molar-refractivity contribution in [3.8, 4) is 0 Å². The molecular formula is C17H27ClN2O. The number of carbonyl (C=O) groups is 1. The molecule has 1 aliphatic rings.